The van der Waals surface area contributed by atoms with Gasteiger partial charge in [-0.2, -0.15) is 0 Å². The van der Waals surface area contributed by atoms with Crippen LogP contribution in [0.1, 0.15) is 40.2 Å². The van der Waals surface area contributed by atoms with Gasteiger partial charge in [0.1, 0.15) is 0 Å². The molecule has 126 valence electrons. The highest BCUT2D eigenvalue weighted by Gasteiger charge is 2.70. The lowest BCUT2D eigenvalue weighted by Gasteiger charge is -2.40. The Morgan fingerprint density at radius 3 is 2.22 bits per heavy atom. The molecule has 0 saturated carbocycles. The maximum atomic E-state index is 12.1. The van der Waals surface area contributed by atoms with E-state index in [1.165, 1.54) is 0 Å². The quantitative estimate of drug-likeness (QED) is 0.546. The molecule has 4 atom stereocenters. The molecule has 2 heterocycles. The molecule has 0 aromatic heterocycles. The summed E-state index contributed by atoms with van der Waals surface area (Å²) in [4.78, 5) is 12.1. The number of alkyl halides is 1. The molecule has 0 amide bonds. The third-order valence-corrected chi connectivity index (χ3v) is 4.69. The Bertz CT molecular complexity index is 624. The topological polar surface area (TPSA) is 54.0 Å². The van der Waals surface area contributed by atoms with Crippen molar-refractivity contribution in [1.82, 2.24) is 0 Å². The lowest BCUT2D eigenvalue weighted by atomic mass is 9.81. The summed E-state index contributed by atoms with van der Waals surface area (Å²) in [5.41, 5.74) is 0.423. The van der Waals surface area contributed by atoms with Crippen LogP contribution in [-0.4, -0.2) is 22.6 Å². The summed E-state index contributed by atoms with van der Waals surface area (Å²) in [7, 11) is 0. The summed E-state index contributed by atoms with van der Waals surface area (Å²) in [5.74, 6) is -3.20. The van der Waals surface area contributed by atoms with Crippen LogP contribution in [0.3, 0.4) is 0 Å². The van der Waals surface area contributed by atoms with Crippen molar-refractivity contribution in [3.63, 3.8) is 0 Å². The fourth-order valence-corrected chi connectivity index (χ4v) is 3.24. The first-order valence-corrected chi connectivity index (χ1v) is 8.38. The summed E-state index contributed by atoms with van der Waals surface area (Å²) in [6.45, 7) is 9.39. The van der Waals surface area contributed by atoms with E-state index >= 15 is 0 Å². The molecule has 0 bridgehead atoms. The number of rotatable bonds is 1. The second kappa shape index (κ2) is 5.02. The largest absolute Gasteiger partial charge is 0.403 e. The zero-order valence-electron chi connectivity index (χ0n) is 13.9. The Kier molecular flexibility index (Phi) is 3.69. The van der Waals surface area contributed by atoms with Crippen LogP contribution in [0.2, 0.25) is 0 Å². The molecule has 1 aromatic rings. The molecule has 2 aliphatic rings. The van der Waals surface area contributed by atoms with Gasteiger partial charge in [-0.15, -0.1) is 0 Å². The predicted molar refractivity (Wildman–Crippen MR) is 86.4 cm³/mol. The first-order chi connectivity index (χ1) is 10.5. The molecule has 2 saturated heterocycles. The van der Waals surface area contributed by atoms with Crippen molar-refractivity contribution >= 4 is 21.9 Å². The van der Waals surface area contributed by atoms with Crippen molar-refractivity contribution in [2.24, 2.45) is 5.41 Å². The first-order valence-electron chi connectivity index (χ1n) is 7.58. The van der Waals surface area contributed by atoms with Gasteiger partial charge in [-0.25, -0.2) is 4.79 Å². The molecule has 23 heavy (non-hydrogen) atoms. The highest BCUT2D eigenvalue weighted by molar-refractivity contribution is 9.10. The molecule has 1 spiro atoms. The Morgan fingerprint density at radius 2 is 1.74 bits per heavy atom. The summed E-state index contributed by atoms with van der Waals surface area (Å²) in [6, 6.07) is 9.63. The fourth-order valence-electron chi connectivity index (χ4n) is 2.93. The van der Waals surface area contributed by atoms with Gasteiger partial charge in [0.05, 0.1) is 0 Å². The van der Waals surface area contributed by atoms with Gasteiger partial charge >= 0.3 is 11.9 Å². The van der Waals surface area contributed by atoms with Gasteiger partial charge < -0.3 is 9.47 Å². The summed E-state index contributed by atoms with van der Waals surface area (Å²) < 4.78 is 22.5. The van der Waals surface area contributed by atoms with Crippen molar-refractivity contribution in [2.75, 3.05) is 0 Å². The molecular weight excluding hydrogens is 364 g/mol. The van der Waals surface area contributed by atoms with Gasteiger partial charge in [-0.3, -0.25) is 9.47 Å². The third kappa shape index (κ3) is 2.43. The lowest BCUT2D eigenvalue weighted by molar-refractivity contribution is -0.365. The molecule has 2 fully saturated rings. The lowest BCUT2D eigenvalue weighted by Crippen LogP contribution is -2.45. The van der Waals surface area contributed by atoms with E-state index in [-0.39, 0.29) is 0 Å². The van der Waals surface area contributed by atoms with Gasteiger partial charge in [-0.1, -0.05) is 51.1 Å². The van der Waals surface area contributed by atoms with Crippen LogP contribution in [-0.2, 0) is 29.5 Å². The van der Waals surface area contributed by atoms with E-state index < -0.39 is 33.8 Å². The van der Waals surface area contributed by atoms with Crippen LogP contribution in [0.5, 0.6) is 0 Å². The van der Waals surface area contributed by atoms with Gasteiger partial charge in [0.15, 0.2) is 6.10 Å². The minimum atomic E-state index is -1.57. The zero-order chi connectivity index (χ0) is 17.1. The molecular formula is C17H21BrO5. The summed E-state index contributed by atoms with van der Waals surface area (Å²) in [5, 5.41) is 0. The molecule has 5 nitrogen and oxygen atoms in total. The monoisotopic (exact) mass is 384 g/mol. The van der Waals surface area contributed by atoms with Crippen molar-refractivity contribution < 1.29 is 23.7 Å². The minimum Gasteiger partial charge on any atom is -0.403 e. The van der Waals surface area contributed by atoms with E-state index in [1.54, 1.807) is 13.8 Å². The Hall–Kier alpha value is -0.950. The van der Waals surface area contributed by atoms with Crippen molar-refractivity contribution in [2.45, 2.75) is 57.0 Å². The minimum absolute atomic E-state index is 0.423. The number of ether oxygens (including phenoxy) is 4. The van der Waals surface area contributed by atoms with E-state index in [9.17, 15) is 4.79 Å². The second-order valence-electron chi connectivity index (χ2n) is 7.11. The maximum absolute atomic E-state index is 12.1. The number of hydrogen-bond donors (Lipinski definition) is 0. The molecule has 0 radical (unpaired) electrons. The standard InChI is InChI=1S/C17H21BrO5/c1-11-17(21-13(19)15(5,18)22-17)23-16(20-11,14(2,3)4)12-9-7-6-8-10-12/h6-11H,1-5H3. The number of benzene rings is 1. The molecule has 3 rings (SSSR count). The van der Waals surface area contributed by atoms with Crippen LogP contribution in [0.4, 0.5) is 0 Å². The molecule has 0 N–H and O–H groups in total. The molecule has 0 aliphatic carbocycles. The number of esters is 1. The predicted octanol–water partition coefficient (Wildman–Crippen LogP) is 3.66. The molecule has 4 unspecified atom stereocenters. The van der Waals surface area contributed by atoms with Gasteiger partial charge in [0, 0.05) is 11.0 Å². The zero-order valence-corrected chi connectivity index (χ0v) is 15.5. The van der Waals surface area contributed by atoms with Crippen molar-refractivity contribution in [1.29, 1.82) is 0 Å². The Balaban J connectivity index is 2.07. The Labute approximate surface area is 144 Å². The number of hydrogen-bond acceptors (Lipinski definition) is 5. The van der Waals surface area contributed by atoms with E-state index in [4.69, 9.17) is 18.9 Å². The molecule has 6 heteroatoms. The van der Waals surface area contributed by atoms with Crippen molar-refractivity contribution in [3.8, 4) is 0 Å². The summed E-state index contributed by atoms with van der Waals surface area (Å²) >= 11 is 3.23. The Morgan fingerprint density at radius 1 is 1.13 bits per heavy atom. The molecule has 2 aliphatic heterocycles. The number of halogens is 1. The maximum Gasteiger partial charge on any atom is 0.361 e. The highest BCUT2D eigenvalue weighted by Crippen LogP contribution is 2.56. The van der Waals surface area contributed by atoms with Crippen LogP contribution < -0.4 is 0 Å². The normalized spacial score (nSPS) is 40.6. The third-order valence-electron chi connectivity index (χ3n) is 4.20. The van der Waals surface area contributed by atoms with Gasteiger partial charge in [-0.05, 0) is 29.8 Å². The number of carbonyl (C=O) groups is 1. The highest BCUT2D eigenvalue weighted by atomic mass is 79.9. The van der Waals surface area contributed by atoms with Crippen LogP contribution in [0.25, 0.3) is 0 Å². The summed E-state index contributed by atoms with van der Waals surface area (Å²) in [6.07, 6.45) is -0.592. The van der Waals surface area contributed by atoms with Gasteiger partial charge in [0.2, 0.25) is 10.3 Å². The van der Waals surface area contributed by atoms with Crippen LogP contribution in [0, 0.1) is 5.41 Å². The van der Waals surface area contributed by atoms with E-state index in [1.807, 2.05) is 51.1 Å². The van der Waals surface area contributed by atoms with E-state index in [0.29, 0.717) is 0 Å². The van der Waals surface area contributed by atoms with Crippen LogP contribution >= 0.6 is 15.9 Å². The number of carbonyl (C=O) groups excluding carboxylic acids is 1. The smallest absolute Gasteiger partial charge is 0.361 e. The molecule has 1 aromatic carbocycles. The first kappa shape index (κ1) is 16.9. The van der Waals surface area contributed by atoms with Gasteiger partial charge in [0.25, 0.3) is 0 Å². The van der Waals surface area contributed by atoms with E-state index in [2.05, 4.69) is 15.9 Å². The van der Waals surface area contributed by atoms with Crippen LogP contribution in [0.15, 0.2) is 30.3 Å². The average molecular weight is 385 g/mol. The fraction of sp³-hybridized carbons (Fsp3) is 0.588. The second-order valence-corrected chi connectivity index (χ2v) is 8.62. The SMILES string of the molecule is CC1OC(c2ccccc2)(C(C)(C)C)OC12OC(=O)C(C)(Br)O2. The van der Waals surface area contributed by atoms with Crippen molar-refractivity contribution in [3.05, 3.63) is 35.9 Å². The van der Waals surface area contributed by atoms with E-state index in [0.717, 1.165) is 5.56 Å². The average Bonchev–Trinajstić information content (AvgIpc) is 2.85.